The molecular formula is C30H36N6O2. The number of benzene rings is 1. The van der Waals surface area contributed by atoms with E-state index in [0.29, 0.717) is 42.4 Å². The van der Waals surface area contributed by atoms with Crippen LogP contribution < -0.4 is 10.5 Å². The van der Waals surface area contributed by atoms with Gasteiger partial charge >= 0.3 is 0 Å². The predicted molar refractivity (Wildman–Crippen MR) is 149 cm³/mol. The molecule has 0 bridgehead atoms. The maximum atomic E-state index is 14.0. The van der Waals surface area contributed by atoms with Gasteiger partial charge < -0.3 is 20.3 Å². The van der Waals surface area contributed by atoms with Crippen molar-refractivity contribution in [2.24, 2.45) is 0 Å². The number of aromatic nitrogens is 2. The minimum Gasteiger partial charge on any atom is -0.492 e. The Morgan fingerprint density at radius 1 is 1.21 bits per heavy atom. The first-order chi connectivity index (χ1) is 18.3. The van der Waals surface area contributed by atoms with E-state index in [9.17, 15) is 10.1 Å². The van der Waals surface area contributed by atoms with Crippen LogP contribution in [0.3, 0.4) is 0 Å². The number of nitrogens with two attached hydrogens (primary N) is 1. The van der Waals surface area contributed by atoms with Gasteiger partial charge in [0, 0.05) is 42.2 Å². The van der Waals surface area contributed by atoms with Gasteiger partial charge in [0.25, 0.3) is 5.91 Å². The van der Waals surface area contributed by atoms with Crippen LogP contribution >= 0.6 is 0 Å². The van der Waals surface area contributed by atoms with Gasteiger partial charge in [0.2, 0.25) is 0 Å². The van der Waals surface area contributed by atoms with Crippen molar-refractivity contribution in [3.63, 3.8) is 0 Å². The van der Waals surface area contributed by atoms with Crippen LogP contribution in [-0.4, -0.2) is 59.0 Å². The van der Waals surface area contributed by atoms with E-state index < -0.39 is 0 Å². The summed E-state index contributed by atoms with van der Waals surface area (Å²) in [6.45, 7) is 10.8. The topological polar surface area (TPSA) is 108 Å². The number of anilines is 1. The molecule has 0 spiro atoms. The third-order valence-electron chi connectivity index (χ3n) is 7.33. The molecule has 8 nitrogen and oxygen atoms in total. The van der Waals surface area contributed by atoms with Crippen LogP contribution in [0, 0.1) is 18.3 Å². The number of hydrogen-bond acceptors (Lipinski definition) is 7. The molecule has 198 valence electrons. The van der Waals surface area contributed by atoms with E-state index >= 15 is 0 Å². The zero-order chi connectivity index (χ0) is 27.4. The van der Waals surface area contributed by atoms with Crippen LogP contribution in [0.1, 0.15) is 65.2 Å². The highest BCUT2D eigenvalue weighted by Gasteiger charge is 2.32. The lowest BCUT2D eigenvalue weighted by Gasteiger charge is -2.35. The molecule has 8 heteroatoms. The molecule has 0 aliphatic carbocycles. The molecule has 0 fully saturated rings. The lowest BCUT2D eigenvalue weighted by molar-refractivity contribution is 0.0669. The maximum Gasteiger partial charge on any atom is 0.254 e. The van der Waals surface area contributed by atoms with Gasteiger partial charge in [-0.05, 0) is 82.1 Å². The van der Waals surface area contributed by atoms with Crippen LogP contribution in [0.5, 0.6) is 5.75 Å². The summed E-state index contributed by atoms with van der Waals surface area (Å²) in [5.74, 6) is 0.960. The minimum absolute atomic E-state index is 0.0177. The van der Waals surface area contributed by atoms with Gasteiger partial charge in [-0.1, -0.05) is 13.0 Å². The van der Waals surface area contributed by atoms with Crippen molar-refractivity contribution in [1.82, 2.24) is 19.8 Å². The second-order valence-corrected chi connectivity index (χ2v) is 9.76. The molecule has 0 radical (unpaired) electrons. The number of aryl methyl sites for hydroxylation is 1. The van der Waals surface area contributed by atoms with Gasteiger partial charge in [0.05, 0.1) is 18.3 Å². The van der Waals surface area contributed by atoms with Crippen LogP contribution in [0.25, 0.3) is 11.1 Å². The second-order valence-electron chi connectivity index (χ2n) is 9.76. The van der Waals surface area contributed by atoms with Crippen LogP contribution in [0.4, 0.5) is 5.82 Å². The normalized spacial score (nSPS) is 13.8. The molecule has 1 aromatic carbocycles. The van der Waals surface area contributed by atoms with Crippen LogP contribution in [0.15, 0.2) is 36.5 Å². The molecule has 4 rings (SSSR count). The van der Waals surface area contributed by atoms with Crippen molar-refractivity contribution < 1.29 is 9.53 Å². The number of nitrogens with zero attached hydrogens (tertiary/aromatic N) is 5. The molecule has 2 aromatic heterocycles. The number of ether oxygens (including phenoxy) is 1. The quantitative estimate of drug-likeness (QED) is 0.448. The summed E-state index contributed by atoms with van der Waals surface area (Å²) >= 11 is 0. The molecule has 1 aliphatic heterocycles. The average Bonchev–Trinajstić information content (AvgIpc) is 2.91. The molecule has 3 aromatic rings. The number of nitriles is 1. The fourth-order valence-electron chi connectivity index (χ4n) is 4.98. The van der Waals surface area contributed by atoms with Crippen molar-refractivity contribution in [3.05, 3.63) is 70.2 Å². The van der Waals surface area contributed by atoms with E-state index in [-0.39, 0.29) is 11.9 Å². The molecule has 38 heavy (non-hydrogen) atoms. The molecule has 0 unspecified atom stereocenters. The first-order valence-electron chi connectivity index (χ1n) is 13.2. The molecule has 0 saturated heterocycles. The highest BCUT2D eigenvalue weighted by molar-refractivity contribution is 5.99. The summed E-state index contributed by atoms with van der Waals surface area (Å²) in [6.07, 6.45) is 3.08. The molecule has 2 N–H and O–H groups in total. The molecule has 1 atom stereocenters. The van der Waals surface area contributed by atoms with Gasteiger partial charge in [-0.15, -0.1) is 0 Å². The Kier molecular flexibility index (Phi) is 8.28. The summed E-state index contributed by atoms with van der Waals surface area (Å²) in [7, 11) is 2.10. The molecular weight excluding hydrogens is 476 g/mol. The third kappa shape index (κ3) is 5.48. The Labute approximate surface area is 225 Å². The van der Waals surface area contributed by atoms with E-state index in [2.05, 4.69) is 47.0 Å². The summed E-state index contributed by atoms with van der Waals surface area (Å²) in [4.78, 5) is 27.1. The number of rotatable bonds is 9. The van der Waals surface area contributed by atoms with E-state index in [1.807, 2.05) is 37.8 Å². The number of carbonyl (C=O) groups excluding carboxylic acids is 1. The molecule has 0 saturated carbocycles. The summed E-state index contributed by atoms with van der Waals surface area (Å²) in [5.41, 5.74) is 12.8. The Morgan fingerprint density at radius 3 is 2.66 bits per heavy atom. The highest BCUT2D eigenvalue weighted by Crippen LogP contribution is 2.36. The lowest BCUT2D eigenvalue weighted by atomic mass is 9.86. The number of likely N-dealkylation sites (N-methyl/N-ethyl adjacent to an activating group) is 1. The SMILES string of the molecule is CCOc1cc([C@H](C)N2CCc3c(cc(CCN(C)CC)cc3-c3ccc(N)nc3C)C2=O)ncc1C#N. The lowest BCUT2D eigenvalue weighted by Crippen LogP contribution is -2.40. The van der Waals surface area contributed by atoms with Crippen molar-refractivity contribution in [2.75, 3.05) is 39.0 Å². The van der Waals surface area contributed by atoms with Crippen molar-refractivity contribution in [3.8, 4) is 22.9 Å². The smallest absolute Gasteiger partial charge is 0.254 e. The monoisotopic (exact) mass is 512 g/mol. The number of fused-ring (bicyclic) bond motifs is 1. The highest BCUT2D eigenvalue weighted by atomic mass is 16.5. The number of pyridine rings is 2. The number of hydrogen-bond donors (Lipinski definition) is 1. The predicted octanol–water partition coefficient (Wildman–Crippen LogP) is 4.56. The van der Waals surface area contributed by atoms with Gasteiger partial charge in [-0.3, -0.25) is 9.78 Å². The number of carbonyl (C=O) groups is 1. The minimum atomic E-state index is -0.277. The fourth-order valence-corrected chi connectivity index (χ4v) is 4.98. The van der Waals surface area contributed by atoms with Crippen LogP contribution in [-0.2, 0) is 12.8 Å². The van der Waals surface area contributed by atoms with Gasteiger partial charge in [0.15, 0.2) is 0 Å². The third-order valence-corrected chi connectivity index (χ3v) is 7.33. The molecule has 1 amide bonds. The number of nitrogen functional groups attached to an aromatic ring is 1. The summed E-state index contributed by atoms with van der Waals surface area (Å²) < 4.78 is 5.66. The Morgan fingerprint density at radius 2 is 1.97 bits per heavy atom. The maximum absolute atomic E-state index is 14.0. The molecule has 1 aliphatic rings. The van der Waals surface area contributed by atoms with Gasteiger partial charge in [-0.2, -0.15) is 5.26 Å². The fraction of sp³-hybridized carbons (Fsp3) is 0.400. The summed E-state index contributed by atoms with van der Waals surface area (Å²) in [6, 6.07) is 11.7. The Bertz CT molecular complexity index is 1380. The first kappa shape index (κ1) is 27.1. The van der Waals surface area contributed by atoms with Crippen molar-refractivity contribution in [2.45, 2.75) is 46.6 Å². The Hall–Kier alpha value is -3.96. The van der Waals surface area contributed by atoms with Gasteiger partial charge in [-0.25, -0.2) is 4.98 Å². The van der Waals surface area contributed by atoms with E-state index in [1.54, 1.807) is 6.07 Å². The molecule has 3 heterocycles. The first-order valence-corrected chi connectivity index (χ1v) is 13.2. The van der Waals surface area contributed by atoms with E-state index in [0.717, 1.165) is 53.0 Å². The van der Waals surface area contributed by atoms with E-state index in [1.165, 1.54) is 6.20 Å². The Balaban J connectivity index is 1.74. The zero-order valence-electron chi connectivity index (χ0n) is 22.9. The number of amides is 1. The van der Waals surface area contributed by atoms with Gasteiger partial charge in [0.1, 0.15) is 23.2 Å². The standard InChI is InChI=1S/C30H36N6O2/c1-6-35(5)12-10-21-14-25(23-8-9-29(32)34-19(23)3)24-11-13-36(30(37)26(24)15-21)20(4)27-16-28(38-7-2)22(17-31)18-33-27/h8-9,14-16,18,20H,6-7,10-13H2,1-5H3,(H2,32,34)/t20-/m0/s1. The van der Waals surface area contributed by atoms with E-state index in [4.69, 9.17) is 10.5 Å². The largest absolute Gasteiger partial charge is 0.492 e. The zero-order valence-corrected chi connectivity index (χ0v) is 22.9. The van der Waals surface area contributed by atoms with Crippen molar-refractivity contribution >= 4 is 11.7 Å². The average molecular weight is 513 g/mol. The second kappa shape index (κ2) is 11.6. The summed E-state index contributed by atoms with van der Waals surface area (Å²) in [5, 5.41) is 9.40. The van der Waals surface area contributed by atoms with Crippen LogP contribution in [0.2, 0.25) is 0 Å². The van der Waals surface area contributed by atoms with Crippen molar-refractivity contribution in [1.29, 1.82) is 5.26 Å².